The molecule has 0 aliphatic rings. The van der Waals surface area contributed by atoms with Gasteiger partial charge in [0.05, 0.1) is 11.0 Å². The first kappa shape index (κ1) is 13.4. The molecule has 0 fully saturated rings. The van der Waals surface area contributed by atoms with E-state index in [1.807, 2.05) is 0 Å². The van der Waals surface area contributed by atoms with Gasteiger partial charge in [0, 0.05) is 18.2 Å². The molecule has 0 saturated heterocycles. The standard InChI is InChI=1S/C11H11N3O4/c1-3-4-8(11(15)16)13-10-5-9(14(17)18)7(2)6-12-10/h1,5-6,8H,4H2,2H3,(H,12,13)(H,15,16). The number of hydrogen-bond acceptors (Lipinski definition) is 5. The number of nitrogens with one attached hydrogen (secondary N) is 1. The Labute approximate surface area is 103 Å². The molecule has 0 bridgehead atoms. The second kappa shape index (κ2) is 5.63. The molecular weight excluding hydrogens is 238 g/mol. The Morgan fingerprint density at radius 3 is 2.94 bits per heavy atom. The zero-order chi connectivity index (χ0) is 13.7. The van der Waals surface area contributed by atoms with Crippen molar-refractivity contribution in [3.63, 3.8) is 0 Å². The first-order valence-electron chi connectivity index (χ1n) is 4.99. The van der Waals surface area contributed by atoms with Gasteiger partial charge in [0.1, 0.15) is 11.9 Å². The van der Waals surface area contributed by atoms with Crippen molar-refractivity contribution < 1.29 is 14.8 Å². The Morgan fingerprint density at radius 1 is 1.78 bits per heavy atom. The number of terminal acetylenes is 1. The molecule has 0 radical (unpaired) electrons. The zero-order valence-electron chi connectivity index (χ0n) is 9.58. The summed E-state index contributed by atoms with van der Waals surface area (Å²) in [5.74, 6) is 1.18. The van der Waals surface area contributed by atoms with Gasteiger partial charge in [-0.25, -0.2) is 9.78 Å². The van der Waals surface area contributed by atoms with Crippen molar-refractivity contribution in [2.45, 2.75) is 19.4 Å². The quantitative estimate of drug-likeness (QED) is 0.461. The summed E-state index contributed by atoms with van der Waals surface area (Å²) in [6.45, 7) is 1.55. The number of nitro groups is 1. The Balaban J connectivity index is 2.97. The number of pyridine rings is 1. The number of aliphatic carboxylic acids is 1. The highest BCUT2D eigenvalue weighted by Crippen LogP contribution is 2.20. The minimum Gasteiger partial charge on any atom is -0.480 e. The summed E-state index contributed by atoms with van der Waals surface area (Å²) >= 11 is 0. The Kier molecular flexibility index (Phi) is 4.21. The monoisotopic (exact) mass is 249 g/mol. The third kappa shape index (κ3) is 3.18. The lowest BCUT2D eigenvalue weighted by Gasteiger charge is -2.12. The maximum absolute atomic E-state index is 10.9. The lowest BCUT2D eigenvalue weighted by Crippen LogP contribution is -2.29. The molecule has 1 heterocycles. The molecule has 0 aliphatic heterocycles. The van der Waals surface area contributed by atoms with Crippen molar-refractivity contribution in [2.24, 2.45) is 0 Å². The number of anilines is 1. The summed E-state index contributed by atoms with van der Waals surface area (Å²) in [6.07, 6.45) is 6.30. The zero-order valence-corrected chi connectivity index (χ0v) is 9.58. The van der Waals surface area contributed by atoms with Gasteiger partial charge in [0.25, 0.3) is 5.69 Å². The highest BCUT2D eigenvalue weighted by Gasteiger charge is 2.18. The third-order valence-electron chi connectivity index (χ3n) is 2.21. The maximum Gasteiger partial charge on any atom is 0.327 e. The summed E-state index contributed by atoms with van der Waals surface area (Å²) in [7, 11) is 0. The molecule has 0 saturated carbocycles. The molecule has 0 amide bonds. The van der Waals surface area contributed by atoms with Crippen LogP contribution >= 0.6 is 0 Å². The average Bonchev–Trinajstić information content (AvgIpc) is 2.30. The second-order valence-electron chi connectivity index (χ2n) is 3.56. The van der Waals surface area contributed by atoms with Crippen LogP contribution in [0, 0.1) is 29.4 Å². The van der Waals surface area contributed by atoms with Crippen LogP contribution in [-0.2, 0) is 4.79 Å². The van der Waals surface area contributed by atoms with Crippen LogP contribution in [0.25, 0.3) is 0 Å². The number of carboxylic acids is 1. The van der Waals surface area contributed by atoms with Crippen LogP contribution in [0.5, 0.6) is 0 Å². The van der Waals surface area contributed by atoms with Crippen molar-refractivity contribution >= 4 is 17.5 Å². The van der Waals surface area contributed by atoms with Crippen molar-refractivity contribution in [3.05, 3.63) is 27.9 Å². The lowest BCUT2D eigenvalue weighted by molar-refractivity contribution is -0.385. The predicted octanol–water partition coefficient (Wildman–Crippen LogP) is 1.19. The van der Waals surface area contributed by atoms with E-state index in [0.717, 1.165) is 0 Å². The molecule has 2 N–H and O–H groups in total. The van der Waals surface area contributed by atoms with Crippen LogP contribution in [0.1, 0.15) is 12.0 Å². The van der Waals surface area contributed by atoms with Gasteiger partial charge in [-0.1, -0.05) is 0 Å². The number of carbonyl (C=O) groups is 1. The van der Waals surface area contributed by atoms with E-state index in [9.17, 15) is 14.9 Å². The van der Waals surface area contributed by atoms with Crippen molar-refractivity contribution in [1.29, 1.82) is 0 Å². The molecule has 1 unspecified atom stereocenters. The molecule has 0 aliphatic carbocycles. The van der Waals surface area contributed by atoms with Gasteiger partial charge in [0.15, 0.2) is 0 Å². The van der Waals surface area contributed by atoms with Crippen LogP contribution in [-0.4, -0.2) is 27.0 Å². The van der Waals surface area contributed by atoms with E-state index in [4.69, 9.17) is 11.5 Å². The van der Waals surface area contributed by atoms with Crippen LogP contribution in [0.3, 0.4) is 0 Å². The molecule has 1 aromatic rings. The maximum atomic E-state index is 10.9. The summed E-state index contributed by atoms with van der Waals surface area (Å²) < 4.78 is 0. The van der Waals surface area contributed by atoms with E-state index in [1.165, 1.54) is 12.3 Å². The van der Waals surface area contributed by atoms with Gasteiger partial charge in [-0.2, -0.15) is 0 Å². The summed E-state index contributed by atoms with van der Waals surface area (Å²) in [5, 5.41) is 22.1. The molecule has 1 atom stereocenters. The minimum absolute atomic E-state index is 0.0430. The smallest absolute Gasteiger partial charge is 0.327 e. The number of carboxylic acid groups (broad SMARTS) is 1. The highest BCUT2D eigenvalue weighted by molar-refractivity contribution is 5.77. The van der Waals surface area contributed by atoms with Gasteiger partial charge in [-0.15, -0.1) is 12.3 Å². The first-order chi connectivity index (χ1) is 8.45. The topological polar surface area (TPSA) is 105 Å². The predicted molar refractivity (Wildman–Crippen MR) is 64.1 cm³/mol. The summed E-state index contributed by atoms with van der Waals surface area (Å²) in [5.41, 5.74) is 0.270. The second-order valence-corrected chi connectivity index (χ2v) is 3.56. The van der Waals surface area contributed by atoms with E-state index in [1.54, 1.807) is 6.92 Å². The molecule has 1 aromatic heterocycles. The molecule has 94 valence electrons. The third-order valence-corrected chi connectivity index (χ3v) is 2.21. The lowest BCUT2D eigenvalue weighted by atomic mass is 10.2. The van der Waals surface area contributed by atoms with Crippen molar-refractivity contribution in [2.75, 3.05) is 5.32 Å². The Hall–Kier alpha value is -2.62. The largest absolute Gasteiger partial charge is 0.480 e. The van der Waals surface area contributed by atoms with E-state index in [0.29, 0.717) is 5.56 Å². The van der Waals surface area contributed by atoms with Crippen molar-refractivity contribution in [1.82, 2.24) is 4.98 Å². The minimum atomic E-state index is -1.14. The fraction of sp³-hybridized carbons (Fsp3) is 0.273. The fourth-order valence-electron chi connectivity index (χ4n) is 1.29. The Morgan fingerprint density at radius 2 is 2.44 bits per heavy atom. The average molecular weight is 249 g/mol. The van der Waals surface area contributed by atoms with Gasteiger partial charge in [-0.05, 0) is 6.92 Å². The highest BCUT2D eigenvalue weighted by atomic mass is 16.6. The summed E-state index contributed by atoms with van der Waals surface area (Å²) in [6, 6.07) is 0.159. The van der Waals surface area contributed by atoms with Crippen LogP contribution in [0.4, 0.5) is 11.5 Å². The van der Waals surface area contributed by atoms with Gasteiger partial charge < -0.3 is 10.4 Å². The first-order valence-corrected chi connectivity index (χ1v) is 4.99. The van der Waals surface area contributed by atoms with E-state index < -0.39 is 16.9 Å². The molecule has 1 rings (SSSR count). The normalized spacial score (nSPS) is 11.3. The summed E-state index contributed by atoms with van der Waals surface area (Å²) in [4.78, 5) is 24.9. The molecule has 7 heteroatoms. The van der Waals surface area contributed by atoms with Gasteiger partial charge in [-0.3, -0.25) is 10.1 Å². The fourth-order valence-corrected chi connectivity index (χ4v) is 1.29. The number of nitrogens with zero attached hydrogens (tertiary/aromatic N) is 2. The van der Waals surface area contributed by atoms with E-state index >= 15 is 0 Å². The number of aryl methyl sites for hydroxylation is 1. The number of rotatable bonds is 5. The SMILES string of the molecule is C#CCC(Nc1cc([N+](=O)[O-])c(C)cn1)C(=O)O. The van der Waals surface area contributed by atoms with E-state index in [2.05, 4.69) is 16.2 Å². The van der Waals surface area contributed by atoms with Crippen LogP contribution in [0.2, 0.25) is 0 Å². The van der Waals surface area contributed by atoms with Crippen LogP contribution < -0.4 is 5.32 Å². The van der Waals surface area contributed by atoms with Crippen LogP contribution in [0.15, 0.2) is 12.3 Å². The molecule has 0 aromatic carbocycles. The van der Waals surface area contributed by atoms with Crippen molar-refractivity contribution in [3.8, 4) is 12.3 Å². The van der Waals surface area contributed by atoms with Gasteiger partial charge in [0.2, 0.25) is 0 Å². The van der Waals surface area contributed by atoms with Gasteiger partial charge >= 0.3 is 5.97 Å². The molecule has 7 nitrogen and oxygen atoms in total. The molecule has 0 spiro atoms. The number of hydrogen-bond donors (Lipinski definition) is 2. The van der Waals surface area contributed by atoms with E-state index in [-0.39, 0.29) is 17.9 Å². The number of aromatic nitrogens is 1. The molecule has 18 heavy (non-hydrogen) atoms. The molecular formula is C11H11N3O4. The Bertz CT molecular complexity index is 522.